The first-order valence-corrected chi connectivity index (χ1v) is 9.27. The van der Waals surface area contributed by atoms with Crippen molar-refractivity contribution >= 4 is 11.6 Å². The Morgan fingerprint density at radius 1 is 1.00 bits per heavy atom. The molecule has 3 rings (SSSR count). The Morgan fingerprint density at radius 3 is 2.39 bits per heavy atom. The number of hydrogen-bond acceptors (Lipinski definition) is 5. The predicted molar refractivity (Wildman–Crippen MR) is 107 cm³/mol. The van der Waals surface area contributed by atoms with Crippen LogP contribution in [0.1, 0.15) is 25.0 Å². The zero-order chi connectivity index (χ0) is 19.8. The van der Waals surface area contributed by atoms with Gasteiger partial charge >= 0.3 is 0 Å². The molecule has 0 fully saturated rings. The summed E-state index contributed by atoms with van der Waals surface area (Å²) in [5, 5.41) is 7.01. The molecule has 0 unspecified atom stereocenters. The molecule has 0 saturated heterocycles. The van der Waals surface area contributed by atoms with Gasteiger partial charge in [-0.3, -0.25) is 4.79 Å². The third-order valence-corrected chi connectivity index (χ3v) is 4.02. The van der Waals surface area contributed by atoms with Gasteiger partial charge in [-0.2, -0.15) is 5.10 Å². The number of rotatable bonds is 9. The predicted octanol–water partition coefficient (Wildman–Crippen LogP) is 3.31. The number of benzene rings is 2. The molecule has 146 valence electrons. The minimum absolute atomic E-state index is 0.0874. The van der Waals surface area contributed by atoms with Crippen LogP contribution < -0.4 is 14.8 Å². The highest BCUT2D eigenvalue weighted by Gasteiger charge is 2.10. The maximum atomic E-state index is 12.4. The SMILES string of the molecule is CCOc1ccc(CC(=O)Nc2ccc(Cn3cncn3)cc2)cc1OCC. The topological polar surface area (TPSA) is 78.3 Å². The summed E-state index contributed by atoms with van der Waals surface area (Å²) < 4.78 is 12.9. The van der Waals surface area contributed by atoms with Crippen LogP contribution in [0.2, 0.25) is 0 Å². The van der Waals surface area contributed by atoms with Gasteiger partial charge in [-0.05, 0) is 49.2 Å². The van der Waals surface area contributed by atoms with Gasteiger partial charge in [-0.15, -0.1) is 0 Å². The average molecular weight is 380 g/mol. The van der Waals surface area contributed by atoms with Crippen molar-refractivity contribution in [1.82, 2.24) is 14.8 Å². The lowest BCUT2D eigenvalue weighted by atomic mass is 10.1. The quantitative estimate of drug-likeness (QED) is 0.616. The minimum Gasteiger partial charge on any atom is -0.490 e. The van der Waals surface area contributed by atoms with Crippen molar-refractivity contribution in [3.63, 3.8) is 0 Å². The van der Waals surface area contributed by atoms with E-state index in [0.29, 0.717) is 31.3 Å². The van der Waals surface area contributed by atoms with Crippen LogP contribution in [0.15, 0.2) is 55.1 Å². The summed E-state index contributed by atoms with van der Waals surface area (Å²) in [7, 11) is 0. The first-order chi connectivity index (χ1) is 13.7. The Hall–Kier alpha value is -3.35. The summed E-state index contributed by atoms with van der Waals surface area (Å²) in [5.41, 5.74) is 2.70. The number of nitrogens with zero attached hydrogens (tertiary/aromatic N) is 3. The van der Waals surface area contributed by atoms with E-state index in [1.165, 1.54) is 6.33 Å². The average Bonchev–Trinajstić information content (AvgIpc) is 3.19. The molecule has 1 amide bonds. The third kappa shape index (κ3) is 5.33. The second-order valence-electron chi connectivity index (χ2n) is 6.16. The number of aromatic nitrogens is 3. The number of ether oxygens (including phenoxy) is 2. The second-order valence-corrected chi connectivity index (χ2v) is 6.16. The first kappa shape index (κ1) is 19.4. The Balaban J connectivity index is 1.59. The summed E-state index contributed by atoms with van der Waals surface area (Å²) in [4.78, 5) is 16.3. The monoisotopic (exact) mass is 380 g/mol. The minimum atomic E-state index is -0.0874. The van der Waals surface area contributed by atoms with Crippen molar-refractivity contribution in [1.29, 1.82) is 0 Å². The maximum Gasteiger partial charge on any atom is 0.228 e. The van der Waals surface area contributed by atoms with Gasteiger partial charge < -0.3 is 14.8 Å². The number of nitrogens with one attached hydrogen (secondary N) is 1. The van der Waals surface area contributed by atoms with E-state index < -0.39 is 0 Å². The summed E-state index contributed by atoms with van der Waals surface area (Å²) in [5.74, 6) is 1.26. The summed E-state index contributed by atoms with van der Waals surface area (Å²) in [6, 6.07) is 13.3. The smallest absolute Gasteiger partial charge is 0.228 e. The van der Waals surface area contributed by atoms with Crippen LogP contribution in [0.25, 0.3) is 0 Å². The largest absolute Gasteiger partial charge is 0.490 e. The van der Waals surface area contributed by atoms with Gasteiger partial charge in [0.2, 0.25) is 5.91 Å². The Kier molecular flexibility index (Phi) is 6.62. The van der Waals surface area contributed by atoms with E-state index >= 15 is 0 Å². The molecule has 0 spiro atoms. The molecule has 1 N–H and O–H groups in total. The van der Waals surface area contributed by atoms with Gasteiger partial charge in [0.15, 0.2) is 11.5 Å². The van der Waals surface area contributed by atoms with Gasteiger partial charge in [0.25, 0.3) is 0 Å². The van der Waals surface area contributed by atoms with E-state index in [1.807, 2.05) is 56.3 Å². The third-order valence-electron chi connectivity index (χ3n) is 4.02. The summed E-state index contributed by atoms with van der Waals surface area (Å²) in [6.45, 7) is 5.58. The van der Waals surface area contributed by atoms with Gasteiger partial charge in [0.05, 0.1) is 26.2 Å². The molecule has 28 heavy (non-hydrogen) atoms. The lowest BCUT2D eigenvalue weighted by Gasteiger charge is -2.12. The Bertz CT molecular complexity index is 893. The molecule has 0 bridgehead atoms. The second kappa shape index (κ2) is 9.55. The Morgan fingerprint density at radius 2 is 1.71 bits per heavy atom. The molecule has 0 atom stereocenters. The molecule has 2 aromatic carbocycles. The normalized spacial score (nSPS) is 10.5. The number of hydrogen-bond donors (Lipinski definition) is 1. The highest BCUT2D eigenvalue weighted by Crippen LogP contribution is 2.28. The van der Waals surface area contributed by atoms with Crippen molar-refractivity contribution in [3.05, 3.63) is 66.2 Å². The van der Waals surface area contributed by atoms with E-state index in [9.17, 15) is 4.79 Å². The molecule has 0 saturated carbocycles. The maximum absolute atomic E-state index is 12.4. The van der Waals surface area contributed by atoms with Crippen LogP contribution in [-0.2, 0) is 17.8 Å². The van der Waals surface area contributed by atoms with Crippen LogP contribution in [-0.4, -0.2) is 33.9 Å². The van der Waals surface area contributed by atoms with Gasteiger partial charge in [0.1, 0.15) is 12.7 Å². The van der Waals surface area contributed by atoms with Gasteiger partial charge in [-0.1, -0.05) is 18.2 Å². The molecule has 0 radical (unpaired) electrons. The first-order valence-electron chi connectivity index (χ1n) is 9.27. The fraction of sp³-hybridized carbons (Fsp3) is 0.286. The highest BCUT2D eigenvalue weighted by atomic mass is 16.5. The Labute approximate surface area is 164 Å². The van der Waals surface area contributed by atoms with Crippen LogP contribution in [0, 0.1) is 0 Å². The number of carbonyl (C=O) groups excluding carboxylic acids is 1. The van der Waals surface area contributed by atoms with Crippen molar-refractivity contribution in [2.45, 2.75) is 26.8 Å². The fourth-order valence-corrected chi connectivity index (χ4v) is 2.79. The highest BCUT2D eigenvalue weighted by molar-refractivity contribution is 5.92. The van der Waals surface area contributed by atoms with Gasteiger partial charge in [0, 0.05) is 5.69 Å². The van der Waals surface area contributed by atoms with Crippen LogP contribution in [0.5, 0.6) is 11.5 Å². The lowest BCUT2D eigenvalue weighted by Crippen LogP contribution is -2.14. The van der Waals surface area contributed by atoms with Crippen LogP contribution in [0.3, 0.4) is 0 Å². The molecule has 1 aromatic heterocycles. The van der Waals surface area contributed by atoms with Gasteiger partial charge in [-0.25, -0.2) is 9.67 Å². The molecule has 1 heterocycles. The van der Waals surface area contributed by atoms with Crippen molar-refractivity contribution in [2.24, 2.45) is 0 Å². The molecular weight excluding hydrogens is 356 g/mol. The fourth-order valence-electron chi connectivity index (χ4n) is 2.79. The van der Waals surface area contributed by atoms with E-state index in [1.54, 1.807) is 11.0 Å². The van der Waals surface area contributed by atoms with Crippen LogP contribution >= 0.6 is 0 Å². The van der Waals surface area contributed by atoms with E-state index in [0.717, 1.165) is 16.8 Å². The molecule has 7 nitrogen and oxygen atoms in total. The van der Waals surface area contributed by atoms with E-state index in [4.69, 9.17) is 9.47 Å². The lowest BCUT2D eigenvalue weighted by molar-refractivity contribution is -0.115. The van der Waals surface area contributed by atoms with Crippen LogP contribution in [0.4, 0.5) is 5.69 Å². The number of carbonyl (C=O) groups is 1. The van der Waals surface area contributed by atoms with Crippen molar-refractivity contribution < 1.29 is 14.3 Å². The zero-order valence-electron chi connectivity index (χ0n) is 16.1. The number of amides is 1. The molecule has 0 aliphatic carbocycles. The summed E-state index contributed by atoms with van der Waals surface area (Å²) in [6.07, 6.45) is 3.43. The number of anilines is 1. The zero-order valence-corrected chi connectivity index (χ0v) is 16.1. The van der Waals surface area contributed by atoms with E-state index in [-0.39, 0.29) is 12.3 Å². The molecule has 7 heteroatoms. The van der Waals surface area contributed by atoms with E-state index in [2.05, 4.69) is 15.4 Å². The summed E-state index contributed by atoms with van der Waals surface area (Å²) >= 11 is 0. The molecule has 0 aliphatic rings. The molecular formula is C21H24N4O3. The van der Waals surface area contributed by atoms with Crippen molar-refractivity contribution in [2.75, 3.05) is 18.5 Å². The molecule has 0 aliphatic heterocycles. The van der Waals surface area contributed by atoms with Crippen molar-refractivity contribution in [3.8, 4) is 11.5 Å². The molecule has 3 aromatic rings. The standard InChI is InChI=1S/C21H24N4O3/c1-3-27-19-10-7-17(11-20(19)28-4-2)12-21(26)24-18-8-5-16(6-9-18)13-25-15-22-14-23-25/h5-11,14-15H,3-4,12-13H2,1-2H3,(H,24,26).